The molecule has 1 aliphatic rings. The van der Waals surface area contributed by atoms with Crippen LogP contribution in [0.25, 0.3) is 0 Å². The Balaban J connectivity index is 1.27. The Morgan fingerprint density at radius 1 is 0.656 bits per heavy atom. The van der Waals surface area contributed by atoms with Gasteiger partial charge in [0.25, 0.3) is 0 Å². The van der Waals surface area contributed by atoms with E-state index in [1.807, 2.05) is 6.07 Å². The maximum atomic E-state index is 12.3. The average molecular weight is 480 g/mol. The Morgan fingerprint density at radius 2 is 1.16 bits per heavy atom. The molecule has 3 rings (SSSR count). The summed E-state index contributed by atoms with van der Waals surface area (Å²) in [5.41, 5.74) is 0. The quantitative estimate of drug-likeness (QED) is 0.470. The maximum Gasteiger partial charge on any atom is 0.240 e. The molecule has 0 unspecified atom stereocenters. The van der Waals surface area contributed by atoms with E-state index in [1.165, 1.54) is 0 Å². The van der Waals surface area contributed by atoms with Crippen LogP contribution in [0, 0.1) is 0 Å². The van der Waals surface area contributed by atoms with Crippen LogP contribution < -0.4 is 4.72 Å². The molecular formula is C23H33N3O4S2. The van der Waals surface area contributed by atoms with Crippen molar-refractivity contribution in [2.75, 3.05) is 51.6 Å². The van der Waals surface area contributed by atoms with Gasteiger partial charge in [-0.1, -0.05) is 36.4 Å². The van der Waals surface area contributed by atoms with Crippen molar-refractivity contribution in [1.82, 2.24) is 14.5 Å². The van der Waals surface area contributed by atoms with E-state index < -0.39 is 19.9 Å². The number of sulfonamides is 1. The monoisotopic (exact) mass is 479 g/mol. The number of nitrogens with one attached hydrogen (secondary N) is 1. The lowest BCUT2D eigenvalue weighted by Crippen LogP contribution is -2.47. The maximum absolute atomic E-state index is 12.3. The average Bonchev–Trinajstić information content (AvgIpc) is 2.82. The van der Waals surface area contributed by atoms with Crippen LogP contribution >= 0.6 is 0 Å². The van der Waals surface area contributed by atoms with E-state index in [2.05, 4.69) is 14.5 Å². The first-order valence-corrected chi connectivity index (χ1v) is 14.3. The summed E-state index contributed by atoms with van der Waals surface area (Å²) in [4.78, 5) is 5.43. The standard InChI is InChI=1S/C23H33N3O4S2/c27-31(28,22-10-3-1-4-11-22)21-8-7-15-25-17-19-26(20-18-25)16-9-14-24-32(29,30)23-12-5-2-6-13-23/h1-6,10-13,24H,7-9,14-21H2. The van der Waals surface area contributed by atoms with Gasteiger partial charge >= 0.3 is 0 Å². The van der Waals surface area contributed by atoms with Crippen LogP contribution in [0.1, 0.15) is 19.3 Å². The van der Waals surface area contributed by atoms with E-state index in [9.17, 15) is 16.8 Å². The van der Waals surface area contributed by atoms with Crippen LogP contribution in [-0.2, 0) is 19.9 Å². The minimum absolute atomic E-state index is 0.190. The van der Waals surface area contributed by atoms with Crippen LogP contribution in [0.2, 0.25) is 0 Å². The summed E-state index contributed by atoms with van der Waals surface area (Å²) >= 11 is 0. The first-order valence-electron chi connectivity index (χ1n) is 11.1. The molecule has 7 nitrogen and oxygen atoms in total. The number of piperazine rings is 1. The zero-order valence-corrected chi connectivity index (χ0v) is 20.0. The SMILES string of the molecule is O=S(=O)(CCCCN1CCN(CCCNS(=O)(=O)c2ccccc2)CC1)c1ccccc1. The van der Waals surface area contributed by atoms with Crippen molar-refractivity contribution in [2.45, 2.75) is 29.1 Å². The van der Waals surface area contributed by atoms with Gasteiger partial charge in [-0.15, -0.1) is 0 Å². The molecule has 2 aromatic carbocycles. The molecule has 32 heavy (non-hydrogen) atoms. The van der Waals surface area contributed by atoms with Gasteiger partial charge in [-0.2, -0.15) is 0 Å². The molecule has 9 heteroatoms. The lowest BCUT2D eigenvalue weighted by Gasteiger charge is -2.34. The van der Waals surface area contributed by atoms with E-state index in [1.54, 1.807) is 54.6 Å². The van der Waals surface area contributed by atoms with E-state index in [0.717, 1.165) is 52.1 Å². The molecule has 0 amide bonds. The second-order valence-corrected chi connectivity index (χ2v) is 12.0. The van der Waals surface area contributed by atoms with Gasteiger partial charge in [0.2, 0.25) is 10.0 Å². The third kappa shape index (κ3) is 7.67. The van der Waals surface area contributed by atoms with Gasteiger partial charge in [-0.05, 0) is 56.6 Å². The molecule has 0 atom stereocenters. The van der Waals surface area contributed by atoms with Crippen molar-refractivity contribution in [3.05, 3.63) is 60.7 Å². The van der Waals surface area contributed by atoms with E-state index in [-0.39, 0.29) is 5.75 Å². The summed E-state index contributed by atoms with van der Waals surface area (Å²) < 4.78 is 51.8. The Bertz CT molecular complexity index is 936. The molecule has 2 aromatic rings. The number of sulfone groups is 1. The fourth-order valence-electron chi connectivity index (χ4n) is 3.80. The van der Waals surface area contributed by atoms with Crippen LogP contribution in [0.4, 0.5) is 0 Å². The lowest BCUT2D eigenvalue weighted by atomic mass is 10.2. The zero-order valence-electron chi connectivity index (χ0n) is 18.4. The highest BCUT2D eigenvalue weighted by Crippen LogP contribution is 2.13. The highest BCUT2D eigenvalue weighted by atomic mass is 32.2. The predicted molar refractivity (Wildman–Crippen MR) is 127 cm³/mol. The predicted octanol–water partition coefficient (Wildman–Crippen LogP) is 2.23. The third-order valence-corrected chi connectivity index (χ3v) is 8.99. The molecule has 1 heterocycles. The second kappa shape index (κ2) is 11.9. The minimum atomic E-state index is -3.43. The lowest BCUT2D eigenvalue weighted by molar-refractivity contribution is 0.130. The largest absolute Gasteiger partial charge is 0.301 e. The Labute approximate surface area is 192 Å². The molecule has 1 saturated heterocycles. The molecule has 0 aromatic heterocycles. The molecule has 1 fully saturated rings. The molecule has 176 valence electrons. The number of unbranched alkanes of at least 4 members (excludes halogenated alkanes) is 1. The number of hydrogen-bond donors (Lipinski definition) is 1. The Morgan fingerprint density at radius 3 is 1.72 bits per heavy atom. The van der Waals surface area contributed by atoms with Crippen molar-refractivity contribution < 1.29 is 16.8 Å². The normalized spacial score (nSPS) is 16.2. The van der Waals surface area contributed by atoms with E-state index >= 15 is 0 Å². The molecule has 0 bridgehead atoms. The summed E-state index contributed by atoms with van der Waals surface area (Å²) in [7, 11) is -6.62. The van der Waals surface area contributed by atoms with Crippen molar-refractivity contribution in [3.63, 3.8) is 0 Å². The first kappa shape index (κ1) is 24.9. The zero-order chi connectivity index (χ0) is 22.9. The first-order chi connectivity index (χ1) is 15.4. The second-order valence-electron chi connectivity index (χ2n) is 8.09. The number of rotatable bonds is 12. The Kier molecular flexibility index (Phi) is 9.24. The molecule has 1 aliphatic heterocycles. The highest BCUT2D eigenvalue weighted by Gasteiger charge is 2.18. The third-order valence-electron chi connectivity index (χ3n) is 5.70. The van der Waals surface area contributed by atoms with Gasteiger partial charge < -0.3 is 9.80 Å². The van der Waals surface area contributed by atoms with Crippen LogP contribution in [-0.4, -0.2) is 78.2 Å². The molecular weight excluding hydrogens is 446 g/mol. The highest BCUT2D eigenvalue weighted by molar-refractivity contribution is 7.91. The van der Waals surface area contributed by atoms with Crippen molar-refractivity contribution in [1.29, 1.82) is 0 Å². The van der Waals surface area contributed by atoms with Crippen molar-refractivity contribution in [2.24, 2.45) is 0 Å². The smallest absolute Gasteiger partial charge is 0.240 e. The summed E-state index contributed by atoms with van der Waals surface area (Å²) in [6.45, 7) is 6.02. The minimum Gasteiger partial charge on any atom is -0.301 e. The topological polar surface area (TPSA) is 86.8 Å². The van der Waals surface area contributed by atoms with E-state index in [4.69, 9.17) is 0 Å². The number of hydrogen-bond acceptors (Lipinski definition) is 6. The van der Waals surface area contributed by atoms with Crippen LogP contribution in [0.15, 0.2) is 70.5 Å². The van der Waals surface area contributed by atoms with Gasteiger partial charge in [0.1, 0.15) is 0 Å². The molecule has 0 saturated carbocycles. The van der Waals surface area contributed by atoms with Gasteiger partial charge in [-0.25, -0.2) is 21.6 Å². The molecule has 0 aliphatic carbocycles. The summed E-state index contributed by atoms with van der Waals surface area (Å²) in [5, 5.41) is 0. The summed E-state index contributed by atoms with van der Waals surface area (Å²) in [6.07, 6.45) is 2.30. The van der Waals surface area contributed by atoms with Gasteiger partial charge in [-0.3, -0.25) is 0 Å². The Hall–Kier alpha value is -1.78. The van der Waals surface area contributed by atoms with Crippen LogP contribution in [0.5, 0.6) is 0 Å². The van der Waals surface area contributed by atoms with Gasteiger partial charge in [0.05, 0.1) is 15.5 Å². The molecule has 0 radical (unpaired) electrons. The number of nitrogens with zero attached hydrogens (tertiary/aromatic N) is 2. The van der Waals surface area contributed by atoms with Gasteiger partial charge in [0, 0.05) is 32.7 Å². The van der Waals surface area contributed by atoms with Crippen molar-refractivity contribution >= 4 is 19.9 Å². The fraction of sp³-hybridized carbons (Fsp3) is 0.478. The molecule has 1 N–H and O–H groups in total. The van der Waals surface area contributed by atoms with E-state index in [0.29, 0.717) is 22.8 Å². The summed E-state index contributed by atoms with van der Waals surface area (Å²) in [6, 6.07) is 17.1. The number of benzene rings is 2. The van der Waals surface area contributed by atoms with Crippen molar-refractivity contribution in [3.8, 4) is 0 Å². The van der Waals surface area contributed by atoms with Gasteiger partial charge in [0.15, 0.2) is 9.84 Å². The fourth-order valence-corrected chi connectivity index (χ4v) is 6.29. The summed E-state index contributed by atoms with van der Waals surface area (Å²) in [5.74, 6) is 0.190. The van der Waals surface area contributed by atoms with Crippen LogP contribution in [0.3, 0.4) is 0 Å². The molecule has 0 spiro atoms.